The first-order valence-electron chi connectivity index (χ1n) is 10.3. The van der Waals surface area contributed by atoms with Crippen LogP contribution in [0.15, 0.2) is 66.7 Å². The van der Waals surface area contributed by atoms with E-state index in [0.717, 1.165) is 11.1 Å². The molecule has 1 heterocycles. The Bertz CT molecular complexity index is 1310. The van der Waals surface area contributed by atoms with Crippen molar-refractivity contribution in [2.75, 3.05) is 34.8 Å². The minimum atomic E-state index is -3.06. The third kappa shape index (κ3) is 4.98. The van der Waals surface area contributed by atoms with E-state index < -0.39 is 21.7 Å². The highest BCUT2D eigenvalue weighted by Gasteiger charge is 2.23. The lowest BCUT2D eigenvalue weighted by Crippen LogP contribution is -2.40. The normalized spacial score (nSPS) is 15.1. The van der Waals surface area contributed by atoms with Gasteiger partial charge in [0, 0.05) is 18.8 Å². The zero-order valence-corrected chi connectivity index (χ0v) is 18.4. The van der Waals surface area contributed by atoms with Crippen molar-refractivity contribution >= 4 is 33.1 Å². The lowest BCUT2D eigenvalue weighted by Gasteiger charge is -2.29. The molecule has 3 N–H and O–H groups in total. The molecule has 1 aliphatic heterocycles. The summed E-state index contributed by atoms with van der Waals surface area (Å²) in [7, 11) is -3.06. The van der Waals surface area contributed by atoms with Crippen LogP contribution >= 0.6 is 0 Å². The van der Waals surface area contributed by atoms with Gasteiger partial charge < -0.3 is 20.4 Å². The van der Waals surface area contributed by atoms with Crippen molar-refractivity contribution in [2.24, 2.45) is 0 Å². The van der Waals surface area contributed by atoms with E-state index in [9.17, 15) is 28.2 Å². The third-order valence-electron chi connectivity index (χ3n) is 5.54. The summed E-state index contributed by atoms with van der Waals surface area (Å²) < 4.78 is 23.4. The maximum absolute atomic E-state index is 13.0. The van der Waals surface area contributed by atoms with Crippen LogP contribution in [0.3, 0.4) is 0 Å². The third-order valence-corrected chi connectivity index (χ3v) is 7.15. The number of phenolic OH excluding ortho intramolecular Hbond substituents is 1. The SMILES string of the molecule is O=C(Nc1cc(-c2ccccc2)ccc1C(=O)O)c1cc(N2CCS(=O)(=O)CC2)ccc1O. The average molecular weight is 467 g/mol. The summed E-state index contributed by atoms with van der Waals surface area (Å²) in [5, 5.41) is 22.5. The summed E-state index contributed by atoms with van der Waals surface area (Å²) in [6.07, 6.45) is 0. The summed E-state index contributed by atoms with van der Waals surface area (Å²) in [5.41, 5.74) is 2.16. The number of amides is 1. The summed E-state index contributed by atoms with van der Waals surface area (Å²) >= 11 is 0. The fraction of sp³-hybridized carbons (Fsp3) is 0.167. The smallest absolute Gasteiger partial charge is 0.337 e. The number of rotatable bonds is 5. The Labute approximate surface area is 191 Å². The highest BCUT2D eigenvalue weighted by molar-refractivity contribution is 7.91. The predicted molar refractivity (Wildman–Crippen MR) is 126 cm³/mol. The fourth-order valence-electron chi connectivity index (χ4n) is 3.71. The van der Waals surface area contributed by atoms with Gasteiger partial charge in [0.1, 0.15) is 5.75 Å². The first-order valence-corrected chi connectivity index (χ1v) is 12.1. The van der Waals surface area contributed by atoms with E-state index in [-0.39, 0.29) is 47.2 Å². The average Bonchev–Trinajstić information content (AvgIpc) is 2.80. The molecule has 0 bridgehead atoms. The molecular weight excluding hydrogens is 444 g/mol. The molecule has 170 valence electrons. The molecule has 33 heavy (non-hydrogen) atoms. The number of aromatic carboxylic acids is 1. The van der Waals surface area contributed by atoms with Gasteiger partial charge in [-0.05, 0) is 41.5 Å². The van der Waals surface area contributed by atoms with Crippen molar-refractivity contribution in [1.29, 1.82) is 0 Å². The second-order valence-corrected chi connectivity index (χ2v) is 10.0. The first-order chi connectivity index (χ1) is 15.7. The molecule has 8 nitrogen and oxygen atoms in total. The predicted octanol–water partition coefficient (Wildman–Crippen LogP) is 3.24. The molecule has 0 aliphatic carbocycles. The molecule has 0 atom stereocenters. The van der Waals surface area contributed by atoms with Gasteiger partial charge >= 0.3 is 5.97 Å². The van der Waals surface area contributed by atoms with Gasteiger partial charge in [-0.25, -0.2) is 13.2 Å². The number of nitrogens with zero attached hydrogens (tertiary/aromatic N) is 1. The number of carbonyl (C=O) groups excluding carboxylic acids is 1. The minimum Gasteiger partial charge on any atom is -0.507 e. The van der Waals surface area contributed by atoms with Crippen molar-refractivity contribution in [3.05, 3.63) is 77.9 Å². The van der Waals surface area contributed by atoms with Gasteiger partial charge in [-0.15, -0.1) is 0 Å². The molecule has 0 unspecified atom stereocenters. The van der Waals surface area contributed by atoms with E-state index in [2.05, 4.69) is 5.32 Å². The lowest BCUT2D eigenvalue weighted by molar-refractivity contribution is 0.0698. The molecule has 0 spiro atoms. The molecule has 1 fully saturated rings. The van der Waals surface area contributed by atoms with Gasteiger partial charge in [0.2, 0.25) is 0 Å². The van der Waals surface area contributed by atoms with Crippen molar-refractivity contribution in [3.8, 4) is 16.9 Å². The molecule has 0 aromatic heterocycles. The van der Waals surface area contributed by atoms with E-state index >= 15 is 0 Å². The van der Waals surface area contributed by atoms with Gasteiger partial charge in [-0.2, -0.15) is 0 Å². The number of aromatic hydroxyl groups is 1. The van der Waals surface area contributed by atoms with Crippen LogP contribution in [0.2, 0.25) is 0 Å². The van der Waals surface area contributed by atoms with Crippen LogP contribution in [0.4, 0.5) is 11.4 Å². The Hall–Kier alpha value is -3.85. The number of hydrogen-bond acceptors (Lipinski definition) is 6. The largest absolute Gasteiger partial charge is 0.507 e. The second-order valence-electron chi connectivity index (χ2n) is 7.73. The first kappa shape index (κ1) is 22.3. The quantitative estimate of drug-likeness (QED) is 0.527. The summed E-state index contributed by atoms with van der Waals surface area (Å²) in [6, 6.07) is 18.4. The van der Waals surface area contributed by atoms with Crippen molar-refractivity contribution < 1.29 is 28.2 Å². The van der Waals surface area contributed by atoms with Gasteiger partial charge in [0.25, 0.3) is 5.91 Å². The van der Waals surface area contributed by atoms with E-state index in [1.165, 1.54) is 18.2 Å². The monoisotopic (exact) mass is 466 g/mol. The number of carboxylic acid groups (broad SMARTS) is 1. The van der Waals surface area contributed by atoms with Crippen LogP contribution in [0.25, 0.3) is 11.1 Å². The van der Waals surface area contributed by atoms with Crippen LogP contribution in [-0.2, 0) is 9.84 Å². The van der Waals surface area contributed by atoms with Crippen molar-refractivity contribution in [3.63, 3.8) is 0 Å². The molecule has 1 aliphatic rings. The molecule has 1 amide bonds. The second kappa shape index (κ2) is 8.95. The maximum atomic E-state index is 13.0. The highest BCUT2D eigenvalue weighted by atomic mass is 32.2. The van der Waals surface area contributed by atoms with Gasteiger partial charge in [-0.1, -0.05) is 36.4 Å². The van der Waals surface area contributed by atoms with Gasteiger partial charge in [-0.3, -0.25) is 4.79 Å². The van der Waals surface area contributed by atoms with Crippen LogP contribution < -0.4 is 10.2 Å². The molecule has 1 saturated heterocycles. The number of phenols is 1. The Balaban J connectivity index is 1.63. The summed E-state index contributed by atoms with van der Waals surface area (Å²) in [6.45, 7) is 0.576. The van der Waals surface area contributed by atoms with Crippen LogP contribution in [-0.4, -0.2) is 55.1 Å². The lowest BCUT2D eigenvalue weighted by atomic mass is 10.0. The summed E-state index contributed by atoms with van der Waals surface area (Å²) in [5.74, 6) is -2.10. The van der Waals surface area contributed by atoms with E-state index in [1.807, 2.05) is 35.2 Å². The molecule has 4 rings (SSSR count). The Morgan fingerprint density at radius 1 is 0.848 bits per heavy atom. The fourth-order valence-corrected chi connectivity index (χ4v) is 4.91. The number of carboxylic acids is 1. The molecule has 9 heteroatoms. The molecular formula is C24H22N2O6S. The Morgan fingerprint density at radius 2 is 1.55 bits per heavy atom. The van der Waals surface area contributed by atoms with Crippen molar-refractivity contribution in [2.45, 2.75) is 0 Å². The molecule has 0 radical (unpaired) electrons. The topological polar surface area (TPSA) is 124 Å². The number of nitrogens with one attached hydrogen (secondary N) is 1. The minimum absolute atomic E-state index is 0.0175. The Morgan fingerprint density at radius 3 is 2.21 bits per heavy atom. The van der Waals surface area contributed by atoms with E-state index in [0.29, 0.717) is 5.69 Å². The zero-order valence-electron chi connectivity index (χ0n) is 17.6. The number of benzene rings is 3. The van der Waals surface area contributed by atoms with Crippen LogP contribution in [0.5, 0.6) is 5.75 Å². The number of anilines is 2. The zero-order chi connectivity index (χ0) is 23.6. The van der Waals surface area contributed by atoms with Crippen molar-refractivity contribution in [1.82, 2.24) is 0 Å². The molecule has 3 aromatic carbocycles. The van der Waals surface area contributed by atoms with Crippen LogP contribution in [0.1, 0.15) is 20.7 Å². The van der Waals surface area contributed by atoms with Gasteiger partial charge in [0.05, 0.1) is 28.3 Å². The maximum Gasteiger partial charge on any atom is 0.337 e. The number of sulfone groups is 1. The molecule has 3 aromatic rings. The van der Waals surface area contributed by atoms with Crippen LogP contribution in [0, 0.1) is 0 Å². The van der Waals surface area contributed by atoms with E-state index in [1.54, 1.807) is 18.2 Å². The van der Waals surface area contributed by atoms with E-state index in [4.69, 9.17) is 0 Å². The summed E-state index contributed by atoms with van der Waals surface area (Å²) in [4.78, 5) is 26.6. The number of carbonyl (C=O) groups is 2. The van der Waals surface area contributed by atoms with Gasteiger partial charge in [0.15, 0.2) is 9.84 Å². The highest BCUT2D eigenvalue weighted by Crippen LogP contribution is 2.29. The number of hydrogen-bond donors (Lipinski definition) is 3. The Kier molecular flexibility index (Phi) is 6.06. The standard InChI is InChI=1S/C24H22N2O6S/c27-22-9-7-18(26-10-12-33(31,32)13-11-26)15-20(22)23(28)25-21-14-17(6-8-19(21)24(29)30)16-4-2-1-3-5-16/h1-9,14-15,27H,10-13H2,(H,25,28)(H,29,30). The molecule has 0 saturated carbocycles.